The fourth-order valence-corrected chi connectivity index (χ4v) is 5.23. The average Bonchev–Trinajstić information content (AvgIpc) is 3.11. The number of nitrogens with zero attached hydrogens (tertiary/aromatic N) is 1. The van der Waals surface area contributed by atoms with Crippen molar-refractivity contribution in [2.45, 2.75) is 0 Å². The lowest BCUT2D eigenvalue weighted by Gasteiger charge is -2.13. The molecule has 0 aliphatic rings. The number of aromatic nitrogens is 1. The van der Waals surface area contributed by atoms with E-state index in [9.17, 15) is 39.6 Å². The molecule has 0 aliphatic carbocycles. The molecule has 5 aromatic carbocycles. The Hall–Kier alpha value is -7.27. The minimum atomic E-state index is -1.40. The maximum atomic E-state index is 11.7. The van der Waals surface area contributed by atoms with Gasteiger partial charge in [0.15, 0.2) is 0 Å². The molecule has 0 bridgehead atoms. The Balaban J connectivity index is 1.37. The number of aromatic carboxylic acids is 4. The van der Waals surface area contributed by atoms with Gasteiger partial charge in [-0.25, -0.2) is 24.2 Å². The second kappa shape index (κ2) is 13.8. The van der Waals surface area contributed by atoms with Gasteiger partial charge in [-0.15, -0.1) is 0 Å². The van der Waals surface area contributed by atoms with Crippen molar-refractivity contribution in [1.82, 2.24) is 4.98 Å². The van der Waals surface area contributed by atoms with E-state index in [-0.39, 0.29) is 22.6 Å². The van der Waals surface area contributed by atoms with Gasteiger partial charge >= 0.3 is 23.9 Å². The Morgan fingerprint density at radius 2 is 0.780 bits per heavy atom. The monoisotopic (exact) mass is 667 g/mol. The smallest absolute Gasteiger partial charge is 0.336 e. The molecule has 6 rings (SSSR count). The van der Waals surface area contributed by atoms with Crippen molar-refractivity contribution in [1.29, 1.82) is 0 Å². The van der Waals surface area contributed by atoms with E-state index >= 15 is 0 Å². The molecule has 0 spiro atoms. The zero-order valence-corrected chi connectivity index (χ0v) is 25.8. The highest BCUT2D eigenvalue weighted by Gasteiger charge is 2.19. The minimum Gasteiger partial charge on any atom is -0.478 e. The summed E-state index contributed by atoms with van der Waals surface area (Å²) in [5, 5.41) is 37.7. The van der Waals surface area contributed by atoms with Crippen LogP contribution in [0, 0.1) is 0 Å². The first-order chi connectivity index (χ1) is 24.0. The predicted molar refractivity (Wildman–Crippen MR) is 181 cm³/mol. The first-order valence-electron chi connectivity index (χ1n) is 14.9. The maximum absolute atomic E-state index is 11.7. The molecular weight excluding hydrogens is 642 g/mol. The first-order valence-corrected chi connectivity index (χ1v) is 14.9. The second-order valence-electron chi connectivity index (χ2n) is 10.9. The van der Waals surface area contributed by atoms with Crippen molar-refractivity contribution in [2.75, 3.05) is 0 Å². The van der Waals surface area contributed by atoms with Crippen LogP contribution in [0.3, 0.4) is 0 Å². The third-order valence-electron chi connectivity index (χ3n) is 7.57. The van der Waals surface area contributed by atoms with Crippen molar-refractivity contribution in [2.24, 2.45) is 0 Å². The van der Waals surface area contributed by atoms with Crippen LogP contribution in [0.25, 0.3) is 33.6 Å². The molecule has 0 unspecified atom stereocenters. The molecule has 50 heavy (non-hydrogen) atoms. The highest BCUT2D eigenvalue weighted by atomic mass is 16.5. The third-order valence-corrected chi connectivity index (χ3v) is 7.57. The largest absolute Gasteiger partial charge is 0.478 e. The Morgan fingerprint density at radius 1 is 0.380 bits per heavy atom. The summed E-state index contributed by atoms with van der Waals surface area (Å²) in [5.41, 5.74) is 2.78. The van der Waals surface area contributed by atoms with Gasteiger partial charge in [0.05, 0.1) is 33.6 Å². The summed E-state index contributed by atoms with van der Waals surface area (Å²) >= 11 is 0. The molecule has 0 amide bonds. The molecule has 6 aromatic rings. The van der Waals surface area contributed by atoms with Gasteiger partial charge in [-0.2, -0.15) is 0 Å². The molecule has 0 aliphatic heterocycles. The quantitative estimate of drug-likeness (QED) is 0.104. The first kappa shape index (κ1) is 32.7. The summed E-state index contributed by atoms with van der Waals surface area (Å²) in [6.07, 6.45) is 0. The normalized spacial score (nSPS) is 10.6. The fraction of sp³-hybridized carbons (Fsp3) is 0. The summed E-state index contributed by atoms with van der Waals surface area (Å²) in [6.45, 7) is 0. The minimum absolute atomic E-state index is 0.140. The van der Waals surface area contributed by atoms with Gasteiger partial charge in [-0.1, -0.05) is 54.6 Å². The standard InChI is InChI=1S/C39H25NO10/c41-36(42)30-14-12-28(20-32(30)38(45)46)49-26-10-4-8-23(16-26)34-18-25(22-6-2-1-3-7-22)19-35(40-34)24-9-5-11-27(17-24)50-29-13-15-31(37(43)44)33(21-29)39(47)48/h1-21H,(H,41,42)(H,43,44)(H,45,46)(H,47,48). The lowest BCUT2D eigenvalue weighted by molar-refractivity contribution is 0.0651. The van der Waals surface area contributed by atoms with Gasteiger partial charge < -0.3 is 29.9 Å². The molecule has 0 atom stereocenters. The molecule has 246 valence electrons. The van der Waals surface area contributed by atoms with Crippen LogP contribution < -0.4 is 9.47 Å². The van der Waals surface area contributed by atoms with E-state index in [1.54, 1.807) is 36.4 Å². The predicted octanol–water partition coefficient (Wildman–Crippen LogP) is 8.46. The molecular formula is C39H25NO10. The van der Waals surface area contributed by atoms with Gasteiger partial charge in [0, 0.05) is 11.1 Å². The Labute approximate surface area is 283 Å². The lowest BCUT2D eigenvalue weighted by Crippen LogP contribution is -2.07. The topological polar surface area (TPSA) is 181 Å². The summed E-state index contributed by atoms with van der Waals surface area (Å²) in [7, 11) is 0. The van der Waals surface area contributed by atoms with Crippen molar-refractivity contribution in [3.05, 3.63) is 150 Å². The van der Waals surface area contributed by atoms with Crippen LogP contribution in [0.4, 0.5) is 0 Å². The summed E-state index contributed by atoms with van der Waals surface area (Å²) in [4.78, 5) is 51.2. The Kier molecular flexibility index (Phi) is 9.04. The third kappa shape index (κ3) is 7.16. The lowest BCUT2D eigenvalue weighted by atomic mass is 10.00. The van der Waals surface area contributed by atoms with Crippen molar-refractivity contribution in [3.8, 4) is 56.6 Å². The van der Waals surface area contributed by atoms with Gasteiger partial charge in [0.2, 0.25) is 0 Å². The number of carboxylic acids is 4. The van der Waals surface area contributed by atoms with E-state index < -0.39 is 35.0 Å². The highest BCUT2D eigenvalue weighted by Crippen LogP contribution is 2.34. The van der Waals surface area contributed by atoms with Crippen molar-refractivity contribution >= 4 is 23.9 Å². The van der Waals surface area contributed by atoms with Crippen LogP contribution in [0.1, 0.15) is 41.4 Å². The van der Waals surface area contributed by atoms with Gasteiger partial charge in [0.25, 0.3) is 0 Å². The van der Waals surface area contributed by atoms with Crippen LogP contribution in [-0.2, 0) is 0 Å². The molecule has 0 saturated carbocycles. The molecule has 4 N–H and O–H groups in total. The maximum Gasteiger partial charge on any atom is 0.336 e. The molecule has 0 radical (unpaired) electrons. The number of rotatable bonds is 11. The molecule has 1 heterocycles. The zero-order valence-electron chi connectivity index (χ0n) is 25.8. The molecule has 0 fully saturated rings. The fourth-order valence-electron chi connectivity index (χ4n) is 5.23. The Bertz CT molecular complexity index is 2160. The summed E-state index contributed by atoms with van der Waals surface area (Å²) in [6, 6.07) is 34.9. The Morgan fingerprint density at radius 3 is 1.20 bits per heavy atom. The van der Waals surface area contributed by atoms with E-state index in [4.69, 9.17) is 14.5 Å². The SMILES string of the molecule is O=C(O)c1ccc(Oc2cccc(-c3cc(-c4ccccc4)cc(-c4cccc(Oc5ccc(C(=O)O)c(C(=O)O)c5)c4)n3)c2)cc1C(=O)O. The van der Waals surface area contributed by atoms with E-state index in [0.29, 0.717) is 34.0 Å². The highest BCUT2D eigenvalue weighted by molar-refractivity contribution is 6.02. The zero-order chi connectivity index (χ0) is 35.4. The molecule has 11 nitrogen and oxygen atoms in total. The van der Waals surface area contributed by atoms with Crippen LogP contribution in [-0.4, -0.2) is 49.3 Å². The number of hydrogen-bond donors (Lipinski definition) is 4. The van der Waals surface area contributed by atoms with Crippen molar-refractivity contribution in [3.63, 3.8) is 0 Å². The van der Waals surface area contributed by atoms with E-state index in [1.807, 2.05) is 54.6 Å². The van der Waals surface area contributed by atoms with Gasteiger partial charge in [-0.05, 0) is 83.9 Å². The van der Waals surface area contributed by atoms with Gasteiger partial charge in [0.1, 0.15) is 23.0 Å². The van der Waals surface area contributed by atoms with Crippen LogP contribution in [0.5, 0.6) is 23.0 Å². The van der Waals surface area contributed by atoms with E-state index in [0.717, 1.165) is 23.3 Å². The van der Waals surface area contributed by atoms with Crippen LogP contribution >= 0.6 is 0 Å². The van der Waals surface area contributed by atoms with Crippen LogP contribution in [0.15, 0.2) is 127 Å². The van der Waals surface area contributed by atoms with E-state index in [2.05, 4.69) is 0 Å². The molecule has 1 aromatic heterocycles. The number of ether oxygens (including phenoxy) is 2. The summed E-state index contributed by atoms with van der Waals surface area (Å²) in [5.74, 6) is -4.52. The number of hydrogen-bond acceptors (Lipinski definition) is 7. The van der Waals surface area contributed by atoms with Gasteiger partial charge in [-0.3, -0.25) is 0 Å². The molecule has 0 saturated heterocycles. The molecule has 11 heteroatoms. The van der Waals surface area contributed by atoms with Crippen molar-refractivity contribution < 1.29 is 49.1 Å². The van der Waals surface area contributed by atoms with Crippen LogP contribution in [0.2, 0.25) is 0 Å². The number of carboxylic acid groups (broad SMARTS) is 4. The van der Waals surface area contributed by atoms with E-state index in [1.165, 1.54) is 24.3 Å². The summed E-state index contributed by atoms with van der Waals surface area (Å²) < 4.78 is 11.9. The second-order valence-corrected chi connectivity index (χ2v) is 10.9. The number of benzene rings is 5. The number of carbonyl (C=O) groups is 4. The average molecular weight is 668 g/mol. The number of pyridine rings is 1.